The second-order valence-electron chi connectivity index (χ2n) is 6.77. The number of hydrogen-bond donors (Lipinski definition) is 1. The summed E-state index contributed by atoms with van der Waals surface area (Å²) in [7, 11) is -0.747. The van der Waals surface area contributed by atoms with Gasteiger partial charge in [-0.3, -0.25) is 4.79 Å². The van der Waals surface area contributed by atoms with Crippen molar-refractivity contribution in [2.45, 2.75) is 13.0 Å². The van der Waals surface area contributed by atoms with E-state index in [-0.39, 0.29) is 19.6 Å². The minimum Gasteiger partial charge on any atom is -0.497 e. The molecule has 0 atom stereocenters. The van der Waals surface area contributed by atoms with Gasteiger partial charge in [0.25, 0.3) is 10.2 Å². The number of nitrogens with zero attached hydrogens (tertiary/aromatic N) is 2. The Morgan fingerprint density at radius 3 is 2.60 bits per heavy atom. The summed E-state index contributed by atoms with van der Waals surface area (Å²) >= 11 is 5.98. The molecule has 162 valence electrons. The third-order valence-electron chi connectivity index (χ3n) is 4.72. The van der Waals surface area contributed by atoms with Crippen molar-refractivity contribution in [2.75, 3.05) is 39.2 Å². The number of benzene rings is 2. The zero-order chi connectivity index (χ0) is 21.7. The summed E-state index contributed by atoms with van der Waals surface area (Å²) in [6.07, 6.45) is 0.622. The predicted octanol–water partition coefficient (Wildman–Crippen LogP) is 2.75. The van der Waals surface area contributed by atoms with Gasteiger partial charge in [0.1, 0.15) is 11.5 Å². The van der Waals surface area contributed by atoms with Crippen LogP contribution in [0.25, 0.3) is 0 Å². The number of halogens is 1. The average Bonchev–Trinajstić information content (AvgIpc) is 2.71. The van der Waals surface area contributed by atoms with Gasteiger partial charge in [0.2, 0.25) is 5.91 Å². The van der Waals surface area contributed by atoms with E-state index in [1.807, 2.05) is 12.1 Å². The number of ether oxygens (including phenoxy) is 2. The molecule has 0 spiro atoms. The van der Waals surface area contributed by atoms with Gasteiger partial charge in [-0.2, -0.15) is 17.0 Å². The zero-order valence-electron chi connectivity index (χ0n) is 16.8. The normalized spacial score (nSPS) is 16.8. The van der Waals surface area contributed by atoms with Gasteiger partial charge in [-0.1, -0.05) is 23.7 Å². The number of anilines is 1. The average molecular weight is 454 g/mol. The molecule has 1 amide bonds. The van der Waals surface area contributed by atoms with Crippen molar-refractivity contribution >= 4 is 33.4 Å². The highest BCUT2D eigenvalue weighted by atomic mass is 35.5. The van der Waals surface area contributed by atoms with E-state index >= 15 is 0 Å². The van der Waals surface area contributed by atoms with Crippen LogP contribution < -0.4 is 14.8 Å². The lowest BCUT2D eigenvalue weighted by atomic mass is 10.2. The van der Waals surface area contributed by atoms with Crippen molar-refractivity contribution in [1.29, 1.82) is 0 Å². The molecule has 1 fully saturated rings. The Labute approximate surface area is 181 Å². The highest BCUT2D eigenvalue weighted by Gasteiger charge is 2.34. The highest BCUT2D eigenvalue weighted by molar-refractivity contribution is 7.86. The van der Waals surface area contributed by atoms with E-state index in [1.54, 1.807) is 37.4 Å². The molecular formula is C20H24ClN3O5S. The van der Waals surface area contributed by atoms with Crippen LogP contribution in [0, 0.1) is 0 Å². The Kier molecular flexibility index (Phi) is 7.19. The molecule has 0 saturated carbocycles. The van der Waals surface area contributed by atoms with E-state index in [0.717, 1.165) is 5.56 Å². The number of carbonyl (C=O) groups is 1. The minimum atomic E-state index is -3.79. The Bertz CT molecular complexity index is 1020. The number of amides is 1. The predicted molar refractivity (Wildman–Crippen MR) is 115 cm³/mol. The van der Waals surface area contributed by atoms with Gasteiger partial charge < -0.3 is 14.8 Å². The summed E-state index contributed by atoms with van der Waals surface area (Å²) in [6, 6.07) is 12.1. The van der Waals surface area contributed by atoms with E-state index in [1.165, 1.54) is 15.7 Å². The number of methoxy groups -OCH3 is 2. The number of nitrogens with one attached hydrogen (secondary N) is 1. The molecule has 2 aromatic carbocycles. The first-order chi connectivity index (χ1) is 14.3. The SMILES string of the molecule is COc1cccc(CN2CCCN(CC(=O)Nc3cc(Cl)ccc3OC)S2(=O)=O)c1. The molecule has 0 radical (unpaired) electrons. The van der Waals surface area contributed by atoms with Gasteiger partial charge in [-0.05, 0) is 42.3 Å². The van der Waals surface area contributed by atoms with E-state index < -0.39 is 16.1 Å². The van der Waals surface area contributed by atoms with Crippen LogP contribution in [0.2, 0.25) is 5.02 Å². The van der Waals surface area contributed by atoms with Crippen molar-refractivity contribution in [1.82, 2.24) is 8.61 Å². The lowest BCUT2D eigenvalue weighted by molar-refractivity contribution is -0.116. The van der Waals surface area contributed by atoms with Crippen LogP contribution in [-0.4, -0.2) is 56.8 Å². The number of rotatable bonds is 7. The Hall–Kier alpha value is -2.33. The third-order valence-corrected chi connectivity index (χ3v) is 6.88. The fraction of sp³-hybridized carbons (Fsp3) is 0.350. The van der Waals surface area contributed by atoms with Crippen molar-refractivity contribution in [3.05, 3.63) is 53.1 Å². The smallest absolute Gasteiger partial charge is 0.282 e. The summed E-state index contributed by atoms with van der Waals surface area (Å²) in [5.41, 5.74) is 1.20. The fourth-order valence-corrected chi connectivity index (χ4v) is 5.05. The van der Waals surface area contributed by atoms with E-state index in [0.29, 0.717) is 35.2 Å². The van der Waals surface area contributed by atoms with Gasteiger partial charge >= 0.3 is 0 Å². The maximum Gasteiger partial charge on any atom is 0.282 e. The molecule has 1 N–H and O–H groups in total. The molecule has 8 nitrogen and oxygen atoms in total. The van der Waals surface area contributed by atoms with Crippen LogP contribution in [0.1, 0.15) is 12.0 Å². The molecule has 10 heteroatoms. The number of hydrogen-bond acceptors (Lipinski definition) is 5. The van der Waals surface area contributed by atoms with E-state index in [9.17, 15) is 13.2 Å². The largest absolute Gasteiger partial charge is 0.497 e. The molecule has 0 aliphatic carbocycles. The lowest BCUT2D eigenvalue weighted by Crippen LogP contribution is -2.51. The van der Waals surface area contributed by atoms with Crippen molar-refractivity contribution in [2.24, 2.45) is 0 Å². The second kappa shape index (κ2) is 9.65. The monoisotopic (exact) mass is 453 g/mol. The van der Waals surface area contributed by atoms with Crippen LogP contribution in [0.15, 0.2) is 42.5 Å². The summed E-state index contributed by atoms with van der Waals surface area (Å²) in [5, 5.41) is 3.11. The quantitative estimate of drug-likeness (QED) is 0.696. The molecule has 0 unspecified atom stereocenters. The fourth-order valence-electron chi connectivity index (χ4n) is 3.24. The summed E-state index contributed by atoms with van der Waals surface area (Å²) < 4.78 is 39.0. The van der Waals surface area contributed by atoms with Crippen molar-refractivity contribution in [3.63, 3.8) is 0 Å². The Morgan fingerprint density at radius 2 is 1.87 bits per heavy atom. The molecule has 0 bridgehead atoms. The first-order valence-electron chi connectivity index (χ1n) is 9.35. The van der Waals surface area contributed by atoms with Crippen LogP contribution in [-0.2, 0) is 21.5 Å². The highest BCUT2D eigenvalue weighted by Crippen LogP contribution is 2.28. The van der Waals surface area contributed by atoms with Gasteiger partial charge in [-0.25, -0.2) is 0 Å². The second-order valence-corrected chi connectivity index (χ2v) is 9.14. The molecule has 1 aliphatic rings. The zero-order valence-corrected chi connectivity index (χ0v) is 18.4. The van der Waals surface area contributed by atoms with Gasteiger partial charge in [0.05, 0.1) is 26.5 Å². The maximum absolute atomic E-state index is 13.0. The van der Waals surface area contributed by atoms with Crippen LogP contribution in [0.5, 0.6) is 11.5 Å². The molecular weight excluding hydrogens is 430 g/mol. The summed E-state index contributed by atoms with van der Waals surface area (Å²) in [6.45, 7) is 0.573. The first kappa shape index (κ1) is 22.4. The Morgan fingerprint density at radius 1 is 1.10 bits per heavy atom. The molecule has 30 heavy (non-hydrogen) atoms. The molecule has 2 aromatic rings. The molecule has 0 aromatic heterocycles. The van der Waals surface area contributed by atoms with Gasteiger partial charge in [0, 0.05) is 24.7 Å². The standard InChI is InChI=1S/C20H24ClN3O5S/c1-28-17-6-3-5-15(11-17)13-23-9-4-10-24(30(23,26)27)14-20(25)22-18-12-16(21)7-8-19(18)29-2/h3,5-8,11-12H,4,9-10,13-14H2,1-2H3,(H,22,25). The summed E-state index contributed by atoms with van der Waals surface area (Å²) in [5.74, 6) is 0.630. The molecule has 1 heterocycles. The molecule has 3 rings (SSSR count). The third kappa shape index (κ3) is 5.23. The van der Waals surface area contributed by atoms with Gasteiger partial charge in [-0.15, -0.1) is 0 Å². The van der Waals surface area contributed by atoms with Crippen molar-refractivity contribution in [3.8, 4) is 11.5 Å². The topological polar surface area (TPSA) is 88.2 Å². The van der Waals surface area contributed by atoms with Crippen LogP contribution in [0.4, 0.5) is 5.69 Å². The van der Waals surface area contributed by atoms with Crippen LogP contribution >= 0.6 is 11.6 Å². The minimum absolute atomic E-state index is 0.208. The maximum atomic E-state index is 13.0. The Balaban J connectivity index is 1.70. The first-order valence-corrected chi connectivity index (χ1v) is 11.1. The number of carbonyl (C=O) groups excluding carboxylic acids is 1. The molecule has 1 aliphatic heterocycles. The van der Waals surface area contributed by atoms with E-state index in [2.05, 4.69) is 5.32 Å². The summed E-state index contributed by atoms with van der Waals surface area (Å²) in [4.78, 5) is 12.5. The van der Waals surface area contributed by atoms with E-state index in [4.69, 9.17) is 21.1 Å². The van der Waals surface area contributed by atoms with Crippen molar-refractivity contribution < 1.29 is 22.7 Å². The van der Waals surface area contributed by atoms with Crippen LogP contribution in [0.3, 0.4) is 0 Å². The van der Waals surface area contributed by atoms with Gasteiger partial charge in [0.15, 0.2) is 0 Å². The molecule has 1 saturated heterocycles. The lowest BCUT2D eigenvalue weighted by Gasteiger charge is -2.34.